The fourth-order valence-electron chi connectivity index (χ4n) is 3.82. The van der Waals surface area contributed by atoms with Gasteiger partial charge in [0.1, 0.15) is 0 Å². The molecule has 1 fully saturated rings. The molecule has 0 heterocycles. The molecule has 0 bridgehead atoms. The van der Waals surface area contributed by atoms with Gasteiger partial charge in [-0.25, -0.2) is 0 Å². The van der Waals surface area contributed by atoms with Crippen molar-refractivity contribution in [2.75, 3.05) is 6.54 Å². The monoisotopic (exact) mass is 399 g/mol. The Labute approximate surface area is 159 Å². The van der Waals surface area contributed by atoms with E-state index < -0.39 is 0 Å². The van der Waals surface area contributed by atoms with E-state index in [9.17, 15) is 4.79 Å². The normalized spacial score (nSPS) is 16.4. The molecule has 0 spiro atoms. The maximum absolute atomic E-state index is 13.1. The Hall–Kier alpha value is -1.61. The minimum Gasteiger partial charge on any atom is -0.355 e. The van der Waals surface area contributed by atoms with Crippen LogP contribution in [-0.4, -0.2) is 12.5 Å². The Balaban J connectivity index is 1.69. The Kier molecular flexibility index (Phi) is 5.95. The number of carbonyl (C=O) groups is 1. The predicted octanol–water partition coefficient (Wildman–Crippen LogP) is 5.32. The quantitative estimate of drug-likeness (QED) is 0.723. The van der Waals surface area contributed by atoms with Crippen molar-refractivity contribution in [3.8, 4) is 0 Å². The fourth-order valence-corrected chi connectivity index (χ4v) is 4.08. The molecule has 132 valence electrons. The maximum atomic E-state index is 13.1. The van der Waals surface area contributed by atoms with Gasteiger partial charge in [-0.2, -0.15) is 0 Å². The summed E-state index contributed by atoms with van der Waals surface area (Å²) in [6, 6.07) is 16.9. The van der Waals surface area contributed by atoms with Gasteiger partial charge in [-0.3, -0.25) is 4.79 Å². The fraction of sp³-hybridized carbons (Fsp3) is 0.409. The molecule has 0 radical (unpaired) electrons. The minimum absolute atomic E-state index is 0.202. The predicted molar refractivity (Wildman–Crippen MR) is 107 cm³/mol. The molecule has 3 rings (SSSR count). The number of benzene rings is 2. The zero-order valence-corrected chi connectivity index (χ0v) is 16.4. The minimum atomic E-state index is -0.342. The van der Waals surface area contributed by atoms with Gasteiger partial charge in [-0.05, 0) is 49.4 Å². The summed E-state index contributed by atoms with van der Waals surface area (Å²) in [4.78, 5) is 13.1. The van der Waals surface area contributed by atoms with Gasteiger partial charge in [0.25, 0.3) is 0 Å². The second-order valence-electron chi connectivity index (χ2n) is 7.14. The van der Waals surface area contributed by atoms with Gasteiger partial charge in [0.2, 0.25) is 5.91 Å². The van der Waals surface area contributed by atoms with E-state index in [4.69, 9.17) is 0 Å². The van der Waals surface area contributed by atoms with Gasteiger partial charge >= 0.3 is 0 Å². The van der Waals surface area contributed by atoms with Crippen molar-refractivity contribution < 1.29 is 4.79 Å². The van der Waals surface area contributed by atoms with Gasteiger partial charge in [0.15, 0.2) is 0 Å². The Morgan fingerprint density at radius 1 is 1.00 bits per heavy atom. The standard InChI is InChI=1S/C22H26BrNO/c1-17-5-9-19(10-6-17)22(14-3-2-4-15-22)21(25)24-16-13-18-7-11-20(23)12-8-18/h5-12H,2-4,13-16H2,1H3,(H,24,25). The van der Waals surface area contributed by atoms with E-state index in [1.54, 1.807) is 0 Å². The number of carbonyl (C=O) groups excluding carboxylic acids is 1. The average molecular weight is 400 g/mol. The molecule has 25 heavy (non-hydrogen) atoms. The smallest absolute Gasteiger partial charge is 0.230 e. The Bertz CT molecular complexity index is 700. The number of aryl methyl sites for hydroxylation is 1. The second-order valence-corrected chi connectivity index (χ2v) is 8.06. The van der Waals surface area contributed by atoms with E-state index in [1.807, 2.05) is 12.1 Å². The number of hydrogen-bond donors (Lipinski definition) is 1. The van der Waals surface area contributed by atoms with Gasteiger partial charge in [0, 0.05) is 11.0 Å². The number of halogens is 1. The van der Waals surface area contributed by atoms with Crippen LogP contribution < -0.4 is 5.32 Å². The van der Waals surface area contributed by atoms with Gasteiger partial charge in [-0.15, -0.1) is 0 Å². The van der Waals surface area contributed by atoms with Crippen molar-refractivity contribution in [3.05, 3.63) is 69.7 Å². The molecule has 0 aromatic heterocycles. The first-order valence-corrected chi connectivity index (χ1v) is 9.99. The Morgan fingerprint density at radius 3 is 2.28 bits per heavy atom. The largest absolute Gasteiger partial charge is 0.355 e. The lowest BCUT2D eigenvalue weighted by Crippen LogP contribution is -2.46. The van der Waals surface area contributed by atoms with E-state index in [1.165, 1.54) is 23.1 Å². The SMILES string of the molecule is Cc1ccc(C2(C(=O)NCCc3ccc(Br)cc3)CCCCC2)cc1. The number of nitrogens with one attached hydrogen (secondary N) is 1. The molecule has 0 unspecified atom stereocenters. The van der Waals surface area contributed by atoms with Crippen LogP contribution in [0.15, 0.2) is 53.0 Å². The van der Waals surface area contributed by atoms with E-state index >= 15 is 0 Å². The van der Waals surface area contributed by atoms with Crippen molar-refractivity contribution in [1.82, 2.24) is 5.32 Å². The lowest BCUT2D eigenvalue weighted by molar-refractivity contribution is -0.128. The molecule has 1 N–H and O–H groups in total. The second kappa shape index (κ2) is 8.18. The van der Waals surface area contributed by atoms with Crippen molar-refractivity contribution in [2.24, 2.45) is 0 Å². The lowest BCUT2D eigenvalue weighted by Gasteiger charge is -2.36. The molecule has 1 amide bonds. The van der Waals surface area contributed by atoms with Crippen molar-refractivity contribution >= 4 is 21.8 Å². The molecular weight excluding hydrogens is 374 g/mol. The van der Waals surface area contributed by atoms with Crippen LogP contribution in [0.4, 0.5) is 0 Å². The molecule has 2 aromatic carbocycles. The van der Waals surface area contributed by atoms with Gasteiger partial charge < -0.3 is 5.32 Å². The average Bonchev–Trinajstić information content (AvgIpc) is 2.64. The first kappa shape index (κ1) is 18.2. The third kappa shape index (κ3) is 4.33. The van der Waals surface area contributed by atoms with Crippen LogP contribution in [0.1, 0.15) is 48.8 Å². The van der Waals surface area contributed by atoms with Crippen LogP contribution in [0, 0.1) is 6.92 Å². The number of amides is 1. The van der Waals surface area contributed by atoms with Crippen LogP contribution in [0.5, 0.6) is 0 Å². The van der Waals surface area contributed by atoms with Gasteiger partial charge in [0.05, 0.1) is 5.41 Å². The number of rotatable bonds is 5. The molecule has 0 aliphatic heterocycles. The van der Waals surface area contributed by atoms with Crippen LogP contribution in [0.2, 0.25) is 0 Å². The highest BCUT2D eigenvalue weighted by molar-refractivity contribution is 9.10. The first-order chi connectivity index (χ1) is 12.1. The van der Waals surface area contributed by atoms with E-state index in [2.05, 4.69) is 64.6 Å². The topological polar surface area (TPSA) is 29.1 Å². The van der Waals surface area contributed by atoms with Gasteiger partial charge in [-0.1, -0.05) is 77.2 Å². The summed E-state index contributed by atoms with van der Waals surface area (Å²) < 4.78 is 1.08. The summed E-state index contributed by atoms with van der Waals surface area (Å²) >= 11 is 3.46. The zero-order chi connectivity index (χ0) is 17.7. The Morgan fingerprint density at radius 2 is 1.64 bits per heavy atom. The van der Waals surface area contributed by atoms with Crippen molar-refractivity contribution in [3.63, 3.8) is 0 Å². The third-order valence-corrected chi connectivity index (χ3v) is 5.89. The van der Waals surface area contributed by atoms with Crippen LogP contribution >= 0.6 is 15.9 Å². The molecular formula is C22H26BrNO. The van der Waals surface area contributed by atoms with E-state index in [-0.39, 0.29) is 11.3 Å². The summed E-state index contributed by atoms with van der Waals surface area (Å²) in [6.45, 7) is 2.78. The molecule has 0 saturated heterocycles. The summed E-state index contributed by atoms with van der Waals surface area (Å²) in [5, 5.41) is 3.22. The first-order valence-electron chi connectivity index (χ1n) is 9.20. The van der Waals surface area contributed by atoms with E-state index in [0.29, 0.717) is 6.54 Å². The number of hydrogen-bond acceptors (Lipinski definition) is 1. The van der Waals surface area contributed by atoms with Crippen molar-refractivity contribution in [1.29, 1.82) is 0 Å². The molecule has 0 atom stereocenters. The highest BCUT2D eigenvalue weighted by atomic mass is 79.9. The molecule has 3 heteroatoms. The maximum Gasteiger partial charge on any atom is 0.230 e. The zero-order valence-electron chi connectivity index (χ0n) is 14.9. The molecule has 2 nitrogen and oxygen atoms in total. The molecule has 2 aromatic rings. The highest BCUT2D eigenvalue weighted by Gasteiger charge is 2.40. The van der Waals surface area contributed by atoms with Crippen molar-refractivity contribution in [2.45, 2.75) is 50.9 Å². The summed E-state index contributed by atoms with van der Waals surface area (Å²) in [5.41, 5.74) is 3.33. The molecule has 1 saturated carbocycles. The van der Waals surface area contributed by atoms with Crippen LogP contribution in [0.25, 0.3) is 0 Å². The molecule has 1 aliphatic carbocycles. The van der Waals surface area contributed by atoms with Crippen LogP contribution in [0.3, 0.4) is 0 Å². The third-order valence-electron chi connectivity index (χ3n) is 5.36. The summed E-state index contributed by atoms with van der Waals surface area (Å²) in [6.07, 6.45) is 6.28. The van der Waals surface area contributed by atoms with Crippen LogP contribution in [-0.2, 0) is 16.6 Å². The lowest BCUT2D eigenvalue weighted by atomic mass is 9.68. The summed E-state index contributed by atoms with van der Waals surface area (Å²) in [7, 11) is 0. The summed E-state index contributed by atoms with van der Waals surface area (Å²) in [5.74, 6) is 0.202. The molecule has 1 aliphatic rings. The van der Waals surface area contributed by atoms with E-state index in [0.717, 1.165) is 36.6 Å². The highest BCUT2D eigenvalue weighted by Crippen LogP contribution is 2.39.